The number of nitrogens with one attached hydrogen (secondary N) is 1. The molecule has 0 aliphatic carbocycles. The molecule has 0 saturated heterocycles. The Balaban J connectivity index is 2.46. The van der Waals surface area contributed by atoms with Gasteiger partial charge in [0, 0.05) is 6.54 Å². The smallest absolute Gasteiger partial charge is 0.195 e. The monoisotopic (exact) mass is 236 g/mol. The molecule has 2 aromatic rings. The highest BCUT2D eigenvalue weighted by Crippen LogP contribution is 2.17. The molecule has 6 heteroatoms. The van der Waals surface area contributed by atoms with Crippen LogP contribution in [0.25, 0.3) is 11.5 Å². The average Bonchev–Trinajstić information content (AvgIpc) is 2.70. The van der Waals surface area contributed by atoms with Gasteiger partial charge in [-0.05, 0) is 31.3 Å². The fourth-order valence-electron chi connectivity index (χ4n) is 1.44. The van der Waals surface area contributed by atoms with Crippen LogP contribution in [0.4, 0.5) is 0 Å². The second-order valence-corrected chi connectivity index (χ2v) is 3.57. The van der Waals surface area contributed by atoms with Crippen LogP contribution in [0, 0.1) is 4.77 Å². The van der Waals surface area contributed by atoms with Crippen LogP contribution in [0.1, 0.15) is 6.92 Å². The Morgan fingerprint density at radius 2 is 2.31 bits per heavy atom. The van der Waals surface area contributed by atoms with Gasteiger partial charge in [0.05, 0.1) is 13.3 Å². The summed E-state index contributed by atoms with van der Waals surface area (Å²) in [7, 11) is 1.61. The Morgan fingerprint density at radius 3 is 2.88 bits per heavy atom. The van der Waals surface area contributed by atoms with Gasteiger partial charge < -0.3 is 4.74 Å². The fraction of sp³-hybridized carbons (Fsp3) is 0.300. The Hall–Kier alpha value is -1.69. The largest absolute Gasteiger partial charge is 0.495 e. The number of rotatable bonds is 3. The van der Waals surface area contributed by atoms with E-state index in [9.17, 15) is 0 Å². The first-order valence-electron chi connectivity index (χ1n) is 4.92. The summed E-state index contributed by atoms with van der Waals surface area (Å²) in [5, 5.41) is 6.91. The zero-order valence-electron chi connectivity index (χ0n) is 9.10. The first-order chi connectivity index (χ1) is 7.76. The lowest BCUT2D eigenvalue weighted by Gasteiger charge is -2.03. The van der Waals surface area contributed by atoms with Crippen molar-refractivity contribution in [2.75, 3.05) is 7.11 Å². The number of nitrogens with zero attached hydrogens (tertiary/aromatic N) is 3. The predicted molar refractivity (Wildman–Crippen MR) is 62.9 cm³/mol. The molecule has 16 heavy (non-hydrogen) atoms. The molecule has 0 aliphatic heterocycles. The van der Waals surface area contributed by atoms with Crippen LogP contribution in [0.3, 0.4) is 0 Å². The summed E-state index contributed by atoms with van der Waals surface area (Å²) < 4.78 is 7.55. The minimum atomic E-state index is 0.607. The summed E-state index contributed by atoms with van der Waals surface area (Å²) in [5.41, 5.74) is 0.773. The number of hydrogen-bond donors (Lipinski definition) is 1. The molecule has 0 amide bonds. The van der Waals surface area contributed by atoms with Gasteiger partial charge in [-0.25, -0.2) is 4.98 Å². The molecule has 0 radical (unpaired) electrons. The number of pyridine rings is 1. The van der Waals surface area contributed by atoms with Crippen LogP contribution in [-0.2, 0) is 6.54 Å². The van der Waals surface area contributed by atoms with Gasteiger partial charge in [0.1, 0.15) is 11.4 Å². The number of methoxy groups -OCH3 is 1. The summed E-state index contributed by atoms with van der Waals surface area (Å²) >= 11 is 5.11. The van der Waals surface area contributed by atoms with Crippen LogP contribution in [0.5, 0.6) is 5.75 Å². The highest BCUT2D eigenvalue weighted by Gasteiger charge is 2.08. The maximum absolute atomic E-state index is 5.11. The molecule has 0 bridgehead atoms. The maximum atomic E-state index is 5.11. The van der Waals surface area contributed by atoms with Gasteiger partial charge in [-0.3, -0.25) is 9.67 Å². The van der Waals surface area contributed by atoms with E-state index < -0.39 is 0 Å². The highest BCUT2D eigenvalue weighted by molar-refractivity contribution is 7.71. The van der Waals surface area contributed by atoms with E-state index in [0.717, 1.165) is 23.8 Å². The van der Waals surface area contributed by atoms with Crippen molar-refractivity contribution < 1.29 is 4.74 Å². The van der Waals surface area contributed by atoms with Crippen molar-refractivity contribution in [2.45, 2.75) is 13.5 Å². The minimum absolute atomic E-state index is 0.607. The summed E-state index contributed by atoms with van der Waals surface area (Å²) in [5.74, 6) is 1.47. The van der Waals surface area contributed by atoms with E-state index in [1.165, 1.54) is 0 Å². The molecule has 1 N–H and O–H groups in total. The third-order valence-corrected chi connectivity index (χ3v) is 2.59. The Kier molecular flexibility index (Phi) is 3.00. The predicted octanol–water partition coefficient (Wildman–Crippen LogP) is 2.03. The van der Waals surface area contributed by atoms with Crippen LogP contribution < -0.4 is 4.74 Å². The van der Waals surface area contributed by atoms with Crippen molar-refractivity contribution in [3.8, 4) is 17.3 Å². The van der Waals surface area contributed by atoms with Gasteiger partial charge in [-0.15, -0.1) is 0 Å². The zero-order chi connectivity index (χ0) is 11.5. The van der Waals surface area contributed by atoms with Gasteiger partial charge in [0.15, 0.2) is 10.6 Å². The first-order valence-corrected chi connectivity index (χ1v) is 5.32. The lowest BCUT2D eigenvalue weighted by molar-refractivity contribution is 0.413. The molecule has 0 saturated carbocycles. The lowest BCUT2D eigenvalue weighted by atomic mass is 10.3. The van der Waals surface area contributed by atoms with Gasteiger partial charge in [0.25, 0.3) is 0 Å². The molecule has 2 rings (SSSR count). The first kappa shape index (κ1) is 10.8. The molecule has 0 unspecified atom stereocenters. The summed E-state index contributed by atoms with van der Waals surface area (Å²) in [4.78, 5) is 4.27. The molecule has 0 atom stereocenters. The second kappa shape index (κ2) is 4.44. The number of H-pyrrole nitrogens is 1. The molecule has 5 nitrogen and oxygen atoms in total. The van der Waals surface area contributed by atoms with Crippen molar-refractivity contribution in [3.05, 3.63) is 23.1 Å². The molecule has 0 aromatic carbocycles. The number of ether oxygens (including phenoxy) is 1. The highest BCUT2D eigenvalue weighted by atomic mass is 32.1. The number of aromatic nitrogens is 4. The lowest BCUT2D eigenvalue weighted by Crippen LogP contribution is -1.99. The molecule has 2 aromatic heterocycles. The summed E-state index contributed by atoms with van der Waals surface area (Å²) in [6.45, 7) is 2.77. The van der Waals surface area contributed by atoms with E-state index in [-0.39, 0.29) is 0 Å². The Morgan fingerprint density at radius 1 is 1.50 bits per heavy atom. The van der Waals surface area contributed by atoms with E-state index in [1.54, 1.807) is 13.3 Å². The third-order valence-electron chi connectivity index (χ3n) is 2.28. The van der Waals surface area contributed by atoms with Crippen LogP contribution in [0.15, 0.2) is 18.3 Å². The van der Waals surface area contributed by atoms with E-state index in [1.807, 2.05) is 23.6 Å². The van der Waals surface area contributed by atoms with E-state index in [0.29, 0.717) is 4.77 Å². The molecule has 0 spiro atoms. The summed E-state index contributed by atoms with van der Waals surface area (Å²) in [6.07, 6.45) is 1.66. The maximum Gasteiger partial charge on any atom is 0.195 e. The van der Waals surface area contributed by atoms with Gasteiger partial charge in [-0.2, -0.15) is 5.10 Å². The van der Waals surface area contributed by atoms with Crippen LogP contribution in [-0.4, -0.2) is 26.9 Å². The zero-order valence-corrected chi connectivity index (χ0v) is 9.91. The third kappa shape index (κ3) is 1.83. The molecule has 84 valence electrons. The number of aromatic amines is 1. The van der Waals surface area contributed by atoms with E-state index >= 15 is 0 Å². The van der Waals surface area contributed by atoms with Crippen LogP contribution >= 0.6 is 12.2 Å². The SMILES string of the molecule is CCn1c(-c2ccc(OC)cn2)n[nH]c1=S. The quantitative estimate of drug-likeness (QED) is 0.828. The minimum Gasteiger partial charge on any atom is -0.495 e. The normalized spacial score (nSPS) is 10.4. The van der Waals surface area contributed by atoms with Crippen molar-refractivity contribution in [2.24, 2.45) is 0 Å². The Labute approximate surface area is 98.1 Å². The molecular formula is C10H12N4OS. The average molecular weight is 236 g/mol. The second-order valence-electron chi connectivity index (χ2n) is 3.18. The van der Waals surface area contributed by atoms with E-state index in [2.05, 4.69) is 15.2 Å². The Bertz CT molecular complexity index is 528. The standard InChI is InChI=1S/C10H12N4OS/c1-3-14-9(12-13-10(14)16)8-5-4-7(15-2)6-11-8/h4-6H,3H2,1-2H3,(H,13,16). The molecule has 2 heterocycles. The molecule has 0 aliphatic rings. The number of hydrogen-bond acceptors (Lipinski definition) is 4. The van der Waals surface area contributed by atoms with Crippen molar-refractivity contribution in [1.29, 1.82) is 0 Å². The van der Waals surface area contributed by atoms with Gasteiger partial charge in [-0.1, -0.05) is 0 Å². The fourth-order valence-corrected chi connectivity index (χ4v) is 1.70. The van der Waals surface area contributed by atoms with Gasteiger partial charge in [0.2, 0.25) is 0 Å². The van der Waals surface area contributed by atoms with Crippen LogP contribution in [0.2, 0.25) is 0 Å². The molecule has 0 fully saturated rings. The molecular weight excluding hydrogens is 224 g/mol. The van der Waals surface area contributed by atoms with E-state index in [4.69, 9.17) is 17.0 Å². The topological polar surface area (TPSA) is 55.7 Å². The summed E-state index contributed by atoms with van der Waals surface area (Å²) in [6, 6.07) is 3.70. The van der Waals surface area contributed by atoms with Gasteiger partial charge >= 0.3 is 0 Å². The van der Waals surface area contributed by atoms with Crippen molar-refractivity contribution in [3.63, 3.8) is 0 Å². The van der Waals surface area contributed by atoms with Crippen molar-refractivity contribution in [1.82, 2.24) is 19.7 Å². The van der Waals surface area contributed by atoms with Crippen molar-refractivity contribution >= 4 is 12.2 Å².